The molecule has 1 fully saturated rings. The smallest absolute Gasteiger partial charge is 0.325 e. The summed E-state index contributed by atoms with van der Waals surface area (Å²) in [5.41, 5.74) is 1.01. The van der Waals surface area contributed by atoms with Crippen LogP contribution in [0.15, 0.2) is 23.9 Å². The third kappa shape index (κ3) is 3.90. The molecule has 1 aliphatic heterocycles. The van der Waals surface area contributed by atoms with Crippen LogP contribution in [0.3, 0.4) is 0 Å². The molecule has 0 saturated carbocycles. The first-order valence-electron chi connectivity index (χ1n) is 7.61. The summed E-state index contributed by atoms with van der Waals surface area (Å²) in [6.45, 7) is 2.26. The lowest BCUT2D eigenvalue weighted by Gasteiger charge is -2.17. The van der Waals surface area contributed by atoms with E-state index in [1.807, 2.05) is 6.92 Å². The Kier molecular flexibility index (Phi) is 5.97. The molecular formula is C17H20N2O5S. The molecule has 0 bridgehead atoms. The van der Waals surface area contributed by atoms with Gasteiger partial charge in [-0.1, -0.05) is 6.07 Å². The van der Waals surface area contributed by atoms with E-state index in [1.54, 1.807) is 38.4 Å². The minimum absolute atomic E-state index is 0.134. The predicted octanol–water partition coefficient (Wildman–Crippen LogP) is 1.67. The molecule has 7 nitrogen and oxygen atoms in total. The summed E-state index contributed by atoms with van der Waals surface area (Å²) in [7, 11) is 4.39. The molecule has 0 aromatic heterocycles. The Balaban J connectivity index is 2.40. The van der Waals surface area contributed by atoms with Gasteiger partial charge < -0.3 is 19.1 Å². The minimum atomic E-state index is -0.486. The number of hydrogen-bond acceptors (Lipinski definition) is 6. The number of carbonyl (C=O) groups excluding carboxylic acids is 2. The SMILES string of the molecule is CCOc1ccc(/C=C2\C(=O)N(C)C(=S)N2CC(=O)OC)cc1OC. The summed E-state index contributed by atoms with van der Waals surface area (Å²) in [5.74, 6) is 0.392. The Morgan fingerprint density at radius 2 is 2.00 bits per heavy atom. The van der Waals surface area contributed by atoms with Crippen LogP contribution < -0.4 is 9.47 Å². The summed E-state index contributed by atoms with van der Waals surface area (Å²) in [6.07, 6.45) is 1.65. The van der Waals surface area contributed by atoms with Gasteiger partial charge in [-0.15, -0.1) is 0 Å². The molecule has 1 saturated heterocycles. The highest BCUT2D eigenvalue weighted by atomic mass is 32.1. The Labute approximate surface area is 151 Å². The zero-order valence-corrected chi connectivity index (χ0v) is 15.4. The number of ether oxygens (including phenoxy) is 3. The normalized spacial score (nSPS) is 15.8. The first kappa shape index (κ1) is 18.7. The number of amides is 1. The largest absolute Gasteiger partial charge is 0.493 e. The van der Waals surface area contributed by atoms with E-state index >= 15 is 0 Å². The van der Waals surface area contributed by atoms with Gasteiger partial charge in [0.15, 0.2) is 16.6 Å². The maximum Gasteiger partial charge on any atom is 0.325 e. The van der Waals surface area contributed by atoms with Crippen molar-refractivity contribution in [3.8, 4) is 11.5 Å². The van der Waals surface area contributed by atoms with Gasteiger partial charge in [-0.05, 0) is 42.9 Å². The number of rotatable bonds is 6. The Bertz CT molecular complexity index is 732. The quantitative estimate of drug-likeness (QED) is 0.432. The van der Waals surface area contributed by atoms with Crippen molar-refractivity contribution in [1.82, 2.24) is 9.80 Å². The molecule has 1 aromatic rings. The predicted molar refractivity (Wildman–Crippen MR) is 96.2 cm³/mol. The highest BCUT2D eigenvalue weighted by Gasteiger charge is 2.36. The fraction of sp³-hybridized carbons (Fsp3) is 0.353. The monoisotopic (exact) mass is 364 g/mol. The van der Waals surface area contributed by atoms with Crippen LogP contribution in [0.5, 0.6) is 11.5 Å². The highest BCUT2D eigenvalue weighted by molar-refractivity contribution is 7.80. The Morgan fingerprint density at radius 3 is 2.60 bits per heavy atom. The van der Waals surface area contributed by atoms with Gasteiger partial charge in [-0.3, -0.25) is 14.5 Å². The van der Waals surface area contributed by atoms with E-state index in [-0.39, 0.29) is 17.6 Å². The Morgan fingerprint density at radius 1 is 1.28 bits per heavy atom. The number of methoxy groups -OCH3 is 2. The van der Waals surface area contributed by atoms with Gasteiger partial charge in [-0.25, -0.2) is 0 Å². The minimum Gasteiger partial charge on any atom is -0.493 e. The fourth-order valence-electron chi connectivity index (χ4n) is 2.35. The summed E-state index contributed by atoms with van der Waals surface area (Å²) < 4.78 is 15.5. The summed E-state index contributed by atoms with van der Waals surface area (Å²) >= 11 is 5.24. The number of thiocarbonyl (C=S) groups is 1. The van der Waals surface area contributed by atoms with E-state index in [1.165, 1.54) is 16.9 Å². The molecule has 0 N–H and O–H groups in total. The van der Waals surface area contributed by atoms with Crippen molar-refractivity contribution < 1.29 is 23.8 Å². The van der Waals surface area contributed by atoms with E-state index in [0.717, 1.165) is 5.56 Å². The average molecular weight is 364 g/mol. The molecule has 25 heavy (non-hydrogen) atoms. The van der Waals surface area contributed by atoms with Crippen molar-refractivity contribution in [2.24, 2.45) is 0 Å². The van der Waals surface area contributed by atoms with Crippen LogP contribution in [-0.4, -0.2) is 61.2 Å². The molecule has 134 valence electrons. The molecule has 0 aliphatic carbocycles. The van der Waals surface area contributed by atoms with Crippen LogP contribution in [0.1, 0.15) is 12.5 Å². The number of carbonyl (C=O) groups is 2. The number of hydrogen-bond donors (Lipinski definition) is 0. The van der Waals surface area contributed by atoms with E-state index in [2.05, 4.69) is 4.74 Å². The molecule has 8 heteroatoms. The molecule has 0 radical (unpaired) electrons. The molecule has 1 aliphatic rings. The van der Waals surface area contributed by atoms with Crippen molar-refractivity contribution in [3.63, 3.8) is 0 Å². The third-order valence-electron chi connectivity index (χ3n) is 3.64. The van der Waals surface area contributed by atoms with Crippen LogP contribution in [0.4, 0.5) is 0 Å². The van der Waals surface area contributed by atoms with E-state index in [9.17, 15) is 9.59 Å². The summed E-state index contributed by atoms with van der Waals surface area (Å²) in [5, 5.41) is 0.250. The van der Waals surface area contributed by atoms with Gasteiger partial charge in [0.05, 0.1) is 20.8 Å². The molecular weight excluding hydrogens is 344 g/mol. The lowest BCUT2D eigenvalue weighted by Crippen LogP contribution is -2.33. The van der Waals surface area contributed by atoms with Crippen molar-refractivity contribution in [3.05, 3.63) is 29.5 Å². The summed E-state index contributed by atoms with van der Waals surface area (Å²) in [6, 6.07) is 5.31. The second-order valence-corrected chi connectivity index (χ2v) is 5.55. The molecule has 0 unspecified atom stereocenters. The number of benzene rings is 1. The van der Waals surface area contributed by atoms with Gasteiger partial charge in [0.2, 0.25) is 0 Å². The first-order chi connectivity index (χ1) is 11.9. The van der Waals surface area contributed by atoms with E-state index in [4.69, 9.17) is 21.7 Å². The van der Waals surface area contributed by atoms with Crippen LogP contribution in [0, 0.1) is 0 Å². The van der Waals surface area contributed by atoms with Gasteiger partial charge in [0.1, 0.15) is 12.2 Å². The molecule has 1 heterocycles. The lowest BCUT2D eigenvalue weighted by atomic mass is 10.1. The lowest BCUT2D eigenvalue weighted by molar-refractivity contribution is -0.140. The van der Waals surface area contributed by atoms with Gasteiger partial charge in [-0.2, -0.15) is 0 Å². The van der Waals surface area contributed by atoms with Crippen molar-refractivity contribution >= 4 is 35.3 Å². The van der Waals surface area contributed by atoms with E-state index in [0.29, 0.717) is 23.8 Å². The van der Waals surface area contributed by atoms with Crippen LogP contribution in [0.25, 0.3) is 6.08 Å². The standard InChI is InChI=1S/C17H20N2O5S/c1-5-24-13-7-6-11(9-14(13)22-3)8-12-16(21)18(2)17(25)19(12)10-15(20)23-4/h6-9H,5,10H2,1-4H3/b12-8+. The van der Waals surface area contributed by atoms with Crippen LogP contribution in [-0.2, 0) is 14.3 Å². The van der Waals surface area contributed by atoms with Crippen LogP contribution in [0.2, 0.25) is 0 Å². The van der Waals surface area contributed by atoms with Crippen LogP contribution >= 0.6 is 12.2 Å². The molecule has 0 atom stereocenters. The zero-order valence-electron chi connectivity index (χ0n) is 14.6. The average Bonchev–Trinajstić information content (AvgIpc) is 2.81. The highest BCUT2D eigenvalue weighted by Crippen LogP contribution is 2.30. The van der Waals surface area contributed by atoms with Crippen molar-refractivity contribution in [2.75, 3.05) is 34.4 Å². The number of esters is 1. The third-order valence-corrected chi connectivity index (χ3v) is 4.13. The fourth-order valence-corrected chi connectivity index (χ4v) is 2.60. The molecule has 0 spiro atoms. The summed E-state index contributed by atoms with van der Waals surface area (Å²) in [4.78, 5) is 26.8. The van der Waals surface area contributed by atoms with Gasteiger partial charge >= 0.3 is 5.97 Å². The van der Waals surface area contributed by atoms with Crippen molar-refractivity contribution in [2.45, 2.75) is 6.92 Å². The van der Waals surface area contributed by atoms with Crippen molar-refractivity contribution in [1.29, 1.82) is 0 Å². The van der Waals surface area contributed by atoms with E-state index < -0.39 is 5.97 Å². The maximum atomic E-state index is 12.4. The van der Waals surface area contributed by atoms with Gasteiger partial charge in [0.25, 0.3) is 5.91 Å². The topological polar surface area (TPSA) is 68.3 Å². The molecule has 1 amide bonds. The second-order valence-electron chi connectivity index (χ2n) is 5.18. The van der Waals surface area contributed by atoms with Gasteiger partial charge in [0, 0.05) is 7.05 Å². The second kappa shape index (κ2) is 7.98. The zero-order chi connectivity index (χ0) is 18.6. The molecule has 2 rings (SSSR count). The Hall–Kier alpha value is -2.61. The maximum absolute atomic E-state index is 12.4. The first-order valence-corrected chi connectivity index (χ1v) is 8.02. The number of likely N-dealkylation sites (N-methyl/N-ethyl adjacent to an activating group) is 1. The number of nitrogens with zero attached hydrogens (tertiary/aromatic N) is 2. The molecule has 1 aromatic carbocycles.